The van der Waals surface area contributed by atoms with Crippen molar-refractivity contribution in [2.75, 3.05) is 44.7 Å². The number of halogens is 1. The van der Waals surface area contributed by atoms with Crippen LogP contribution in [0.5, 0.6) is 5.75 Å². The number of nitrogens with one attached hydrogen (secondary N) is 1. The molecular formula is C28H35FN4O2. The molecule has 1 amide bonds. The van der Waals surface area contributed by atoms with Crippen LogP contribution < -0.4 is 15.0 Å². The predicted molar refractivity (Wildman–Crippen MR) is 139 cm³/mol. The van der Waals surface area contributed by atoms with E-state index in [0.717, 1.165) is 66.4 Å². The van der Waals surface area contributed by atoms with Crippen LogP contribution in [0.2, 0.25) is 0 Å². The monoisotopic (exact) mass is 478 g/mol. The van der Waals surface area contributed by atoms with Crippen molar-refractivity contribution < 1.29 is 13.9 Å². The maximum absolute atomic E-state index is 14.3. The molecule has 2 aliphatic rings. The minimum Gasteiger partial charge on any atom is -0.494 e. The normalized spacial score (nSPS) is 18.6. The Labute approximate surface area is 207 Å². The van der Waals surface area contributed by atoms with Crippen LogP contribution in [0.1, 0.15) is 37.8 Å². The molecule has 0 aliphatic carbocycles. The number of allylic oxidation sites excluding steroid dienone is 1. The average Bonchev–Trinajstić information content (AvgIpc) is 2.85. The van der Waals surface area contributed by atoms with Crippen LogP contribution in [-0.4, -0.2) is 56.4 Å². The Morgan fingerprint density at radius 3 is 2.57 bits per heavy atom. The van der Waals surface area contributed by atoms with E-state index >= 15 is 0 Å². The summed E-state index contributed by atoms with van der Waals surface area (Å²) in [5.74, 6) is 0.655. The summed E-state index contributed by atoms with van der Waals surface area (Å²) in [5, 5.41) is 2.94. The first kappa shape index (κ1) is 24.9. The molecule has 0 aromatic heterocycles. The number of likely N-dealkylation sites (N-methyl/N-ethyl adjacent to an activating group) is 1. The molecule has 0 spiro atoms. The first-order valence-corrected chi connectivity index (χ1v) is 12.4. The van der Waals surface area contributed by atoms with Crippen LogP contribution in [0.15, 0.2) is 53.7 Å². The second-order valence-corrected chi connectivity index (χ2v) is 9.40. The second kappa shape index (κ2) is 11.5. The molecule has 1 unspecified atom stereocenters. The number of ether oxygens (including phenoxy) is 1. The van der Waals surface area contributed by atoms with E-state index in [0.29, 0.717) is 13.2 Å². The summed E-state index contributed by atoms with van der Waals surface area (Å²) in [6.07, 6.45) is 2.94. The van der Waals surface area contributed by atoms with Gasteiger partial charge in [0.25, 0.3) is 0 Å². The number of carbonyl (C=O) groups excluding carboxylic acids is 1. The van der Waals surface area contributed by atoms with Crippen molar-refractivity contribution in [3.8, 4) is 5.75 Å². The van der Waals surface area contributed by atoms with Crippen molar-refractivity contribution in [1.29, 1.82) is 0 Å². The van der Waals surface area contributed by atoms with E-state index in [4.69, 9.17) is 4.74 Å². The van der Waals surface area contributed by atoms with Gasteiger partial charge in [-0.2, -0.15) is 0 Å². The van der Waals surface area contributed by atoms with Gasteiger partial charge in [0, 0.05) is 50.3 Å². The molecule has 2 aliphatic heterocycles. The SMILES string of the molecule is CCOc1ccc(C2=CN=C(CC(=O)NCc3cc(F)cc(N4CCN(C)CC4)c3)C(C)C2)cc1. The molecule has 2 aromatic rings. The molecule has 0 radical (unpaired) electrons. The molecular weight excluding hydrogens is 443 g/mol. The van der Waals surface area contributed by atoms with Crippen LogP contribution in [0.4, 0.5) is 10.1 Å². The van der Waals surface area contributed by atoms with Crippen molar-refractivity contribution in [3.05, 3.63) is 65.6 Å². The zero-order chi connectivity index (χ0) is 24.8. The van der Waals surface area contributed by atoms with E-state index in [1.54, 1.807) is 6.07 Å². The molecule has 2 aromatic carbocycles. The average molecular weight is 479 g/mol. The number of piperazine rings is 1. The Bertz CT molecular complexity index is 1090. The number of rotatable bonds is 8. The van der Waals surface area contributed by atoms with E-state index in [9.17, 15) is 9.18 Å². The first-order valence-electron chi connectivity index (χ1n) is 12.4. The zero-order valence-corrected chi connectivity index (χ0v) is 20.9. The third-order valence-corrected chi connectivity index (χ3v) is 6.66. The standard InChI is InChI=1S/C28H35FN4O2/c1-4-35-26-7-5-22(6-8-26)23-13-20(2)27(30-19-23)17-28(34)31-18-21-14-24(29)16-25(15-21)33-11-9-32(3)10-12-33/h5-8,14-16,19-20H,4,9-13,17-18H2,1-3H3,(H,31,34). The minimum absolute atomic E-state index is 0.0982. The van der Waals surface area contributed by atoms with Crippen molar-refractivity contribution in [1.82, 2.24) is 10.2 Å². The summed E-state index contributed by atoms with van der Waals surface area (Å²) in [4.78, 5) is 21.7. The smallest absolute Gasteiger partial charge is 0.225 e. The molecule has 6 nitrogen and oxygen atoms in total. The van der Waals surface area contributed by atoms with Gasteiger partial charge in [-0.25, -0.2) is 4.39 Å². The lowest BCUT2D eigenvalue weighted by Crippen LogP contribution is -2.44. The minimum atomic E-state index is -0.275. The van der Waals surface area contributed by atoms with Crippen molar-refractivity contribution in [3.63, 3.8) is 0 Å². The van der Waals surface area contributed by atoms with Crippen molar-refractivity contribution in [2.45, 2.75) is 33.2 Å². The quantitative estimate of drug-likeness (QED) is 0.607. The number of benzene rings is 2. The van der Waals surface area contributed by atoms with Gasteiger partial charge in [0.15, 0.2) is 0 Å². The van der Waals surface area contributed by atoms with Gasteiger partial charge in [0.1, 0.15) is 11.6 Å². The Morgan fingerprint density at radius 2 is 1.89 bits per heavy atom. The highest BCUT2D eigenvalue weighted by atomic mass is 19.1. The van der Waals surface area contributed by atoms with Gasteiger partial charge in [0.05, 0.1) is 13.0 Å². The van der Waals surface area contributed by atoms with E-state index in [1.807, 2.05) is 43.5 Å². The third kappa shape index (κ3) is 6.69. The van der Waals surface area contributed by atoms with E-state index in [2.05, 4.69) is 34.1 Å². The van der Waals surface area contributed by atoms with Crippen molar-refractivity contribution in [2.24, 2.45) is 10.9 Å². The van der Waals surface area contributed by atoms with Crippen LogP contribution in [-0.2, 0) is 11.3 Å². The van der Waals surface area contributed by atoms with Gasteiger partial charge in [-0.1, -0.05) is 19.1 Å². The summed E-state index contributed by atoms with van der Waals surface area (Å²) in [5.41, 5.74) is 4.79. The molecule has 2 heterocycles. The van der Waals surface area contributed by atoms with Gasteiger partial charge >= 0.3 is 0 Å². The lowest BCUT2D eigenvalue weighted by molar-refractivity contribution is -0.120. The second-order valence-electron chi connectivity index (χ2n) is 9.40. The number of hydrogen-bond acceptors (Lipinski definition) is 5. The fourth-order valence-corrected chi connectivity index (χ4v) is 4.54. The van der Waals surface area contributed by atoms with Gasteiger partial charge in [-0.3, -0.25) is 9.79 Å². The molecule has 4 rings (SSSR count). The Kier molecular flexibility index (Phi) is 8.18. The molecule has 0 saturated carbocycles. The molecule has 0 bridgehead atoms. The summed E-state index contributed by atoms with van der Waals surface area (Å²) in [6.45, 7) is 8.66. The van der Waals surface area contributed by atoms with Gasteiger partial charge in [0.2, 0.25) is 5.91 Å². The summed E-state index contributed by atoms with van der Waals surface area (Å²) < 4.78 is 19.8. The molecule has 7 heteroatoms. The molecule has 1 atom stereocenters. The molecule has 1 N–H and O–H groups in total. The van der Waals surface area contributed by atoms with Crippen LogP contribution in [0, 0.1) is 11.7 Å². The Hall–Kier alpha value is -3.19. The van der Waals surface area contributed by atoms with Crippen LogP contribution in [0.3, 0.4) is 0 Å². The Balaban J connectivity index is 1.34. The summed E-state index contributed by atoms with van der Waals surface area (Å²) in [7, 11) is 2.10. The van der Waals surface area contributed by atoms with Gasteiger partial charge < -0.3 is 19.9 Å². The zero-order valence-electron chi connectivity index (χ0n) is 20.9. The molecule has 1 fully saturated rings. The maximum Gasteiger partial charge on any atom is 0.225 e. The van der Waals surface area contributed by atoms with E-state index in [-0.39, 0.29) is 24.1 Å². The van der Waals surface area contributed by atoms with Crippen molar-refractivity contribution >= 4 is 22.9 Å². The topological polar surface area (TPSA) is 57.2 Å². The fraction of sp³-hybridized carbons (Fsp3) is 0.429. The van der Waals surface area contributed by atoms with Gasteiger partial charge in [-0.05, 0) is 73.3 Å². The first-order chi connectivity index (χ1) is 16.9. The van der Waals surface area contributed by atoms with Gasteiger partial charge in [-0.15, -0.1) is 0 Å². The summed E-state index contributed by atoms with van der Waals surface area (Å²) >= 11 is 0. The summed E-state index contributed by atoms with van der Waals surface area (Å²) in [6, 6.07) is 13.1. The fourth-order valence-electron chi connectivity index (χ4n) is 4.54. The maximum atomic E-state index is 14.3. The molecule has 1 saturated heterocycles. The number of amides is 1. The van der Waals surface area contributed by atoms with E-state index in [1.165, 1.54) is 6.07 Å². The molecule has 186 valence electrons. The number of aliphatic imine (C=N–C) groups is 1. The molecule has 35 heavy (non-hydrogen) atoms. The predicted octanol–water partition coefficient (Wildman–Crippen LogP) is 4.50. The third-order valence-electron chi connectivity index (χ3n) is 6.66. The number of hydrogen-bond donors (Lipinski definition) is 1. The highest BCUT2D eigenvalue weighted by Crippen LogP contribution is 2.29. The number of anilines is 1. The van der Waals surface area contributed by atoms with Crippen LogP contribution >= 0.6 is 0 Å². The highest BCUT2D eigenvalue weighted by molar-refractivity contribution is 6.03. The number of carbonyl (C=O) groups is 1. The Morgan fingerprint density at radius 1 is 1.14 bits per heavy atom. The largest absolute Gasteiger partial charge is 0.494 e. The lowest BCUT2D eigenvalue weighted by atomic mass is 9.89. The number of nitrogens with zero attached hydrogens (tertiary/aromatic N) is 3. The van der Waals surface area contributed by atoms with Crippen LogP contribution in [0.25, 0.3) is 5.57 Å². The highest BCUT2D eigenvalue weighted by Gasteiger charge is 2.21. The van der Waals surface area contributed by atoms with E-state index < -0.39 is 0 Å². The lowest BCUT2D eigenvalue weighted by Gasteiger charge is -2.34.